The molecule has 112 valence electrons. The lowest BCUT2D eigenvalue weighted by Crippen LogP contribution is -2.57. The monoisotopic (exact) mass is 284 g/mol. The molecular formula is C14H20O6. The first-order chi connectivity index (χ1) is 9.22. The molecule has 20 heavy (non-hydrogen) atoms. The summed E-state index contributed by atoms with van der Waals surface area (Å²) >= 11 is 0. The Morgan fingerprint density at radius 1 is 0.950 bits per heavy atom. The van der Waals surface area contributed by atoms with Crippen LogP contribution in [0.1, 0.15) is 27.7 Å². The van der Waals surface area contributed by atoms with Crippen LogP contribution in [0.4, 0.5) is 0 Å². The van der Waals surface area contributed by atoms with Crippen molar-refractivity contribution in [3.63, 3.8) is 0 Å². The highest BCUT2D eigenvalue weighted by molar-refractivity contribution is 5.93. The van der Waals surface area contributed by atoms with Gasteiger partial charge in [0.05, 0.1) is 0 Å². The van der Waals surface area contributed by atoms with Crippen molar-refractivity contribution in [3.8, 4) is 0 Å². The van der Waals surface area contributed by atoms with E-state index in [1.165, 1.54) is 6.08 Å². The Morgan fingerprint density at radius 2 is 1.50 bits per heavy atom. The topological polar surface area (TPSA) is 63.2 Å². The van der Waals surface area contributed by atoms with Crippen LogP contribution in [0.5, 0.6) is 0 Å². The number of hydrogen-bond donors (Lipinski definition) is 0. The maximum absolute atomic E-state index is 12.0. The molecule has 0 aromatic heterocycles. The van der Waals surface area contributed by atoms with Gasteiger partial charge in [0.2, 0.25) is 0 Å². The molecule has 0 N–H and O–H groups in total. The van der Waals surface area contributed by atoms with Gasteiger partial charge < -0.3 is 23.7 Å². The summed E-state index contributed by atoms with van der Waals surface area (Å²) in [7, 11) is 0. The van der Waals surface area contributed by atoms with Crippen molar-refractivity contribution in [1.82, 2.24) is 0 Å². The molecule has 3 heterocycles. The van der Waals surface area contributed by atoms with Crippen molar-refractivity contribution >= 4 is 5.78 Å². The largest absolute Gasteiger partial charge is 0.342 e. The molecule has 0 aromatic rings. The minimum atomic E-state index is -0.788. The highest BCUT2D eigenvalue weighted by Crippen LogP contribution is 2.44. The molecule has 0 amide bonds. The van der Waals surface area contributed by atoms with Crippen molar-refractivity contribution in [2.75, 3.05) is 0 Å². The zero-order chi connectivity index (χ0) is 14.7. The summed E-state index contributed by atoms with van der Waals surface area (Å²) in [5.41, 5.74) is 0. The third-order valence-electron chi connectivity index (χ3n) is 3.64. The van der Waals surface area contributed by atoms with Crippen LogP contribution in [0.3, 0.4) is 0 Å². The van der Waals surface area contributed by atoms with E-state index in [4.69, 9.17) is 23.7 Å². The Labute approximate surface area is 118 Å². The van der Waals surface area contributed by atoms with Crippen LogP contribution in [0, 0.1) is 0 Å². The minimum Gasteiger partial charge on any atom is -0.342 e. The fourth-order valence-electron chi connectivity index (χ4n) is 2.96. The summed E-state index contributed by atoms with van der Waals surface area (Å²) in [4.78, 5) is 12.0. The van der Waals surface area contributed by atoms with E-state index in [9.17, 15) is 4.79 Å². The first-order valence-electron chi connectivity index (χ1n) is 6.75. The van der Waals surface area contributed by atoms with Crippen LogP contribution in [0.2, 0.25) is 0 Å². The molecule has 3 fully saturated rings. The van der Waals surface area contributed by atoms with Crippen molar-refractivity contribution in [2.45, 2.75) is 70.0 Å². The van der Waals surface area contributed by atoms with E-state index in [0.29, 0.717) is 0 Å². The zero-order valence-electron chi connectivity index (χ0n) is 12.1. The van der Waals surface area contributed by atoms with Gasteiger partial charge in [-0.05, 0) is 33.8 Å². The Kier molecular flexibility index (Phi) is 3.08. The van der Waals surface area contributed by atoms with Gasteiger partial charge in [-0.2, -0.15) is 0 Å². The Hall–Kier alpha value is -0.790. The van der Waals surface area contributed by atoms with Crippen LogP contribution in [-0.4, -0.2) is 48.1 Å². The summed E-state index contributed by atoms with van der Waals surface area (Å²) in [5.74, 6) is -1.81. The molecule has 6 heteroatoms. The molecule has 0 bridgehead atoms. The quantitative estimate of drug-likeness (QED) is 0.709. The van der Waals surface area contributed by atoms with Crippen LogP contribution in [0.15, 0.2) is 12.7 Å². The fraction of sp³-hybridized carbons (Fsp3) is 0.786. The van der Waals surface area contributed by atoms with Gasteiger partial charge in [-0.1, -0.05) is 6.58 Å². The van der Waals surface area contributed by atoms with Gasteiger partial charge in [-0.25, -0.2) is 0 Å². The molecule has 3 saturated heterocycles. The smallest absolute Gasteiger partial charge is 0.190 e. The minimum absolute atomic E-state index is 0.243. The van der Waals surface area contributed by atoms with E-state index in [2.05, 4.69) is 6.58 Å². The highest BCUT2D eigenvalue weighted by Gasteiger charge is 2.61. The summed E-state index contributed by atoms with van der Waals surface area (Å²) in [5, 5.41) is 0. The Morgan fingerprint density at radius 3 is 2.15 bits per heavy atom. The molecular weight excluding hydrogens is 264 g/mol. The lowest BCUT2D eigenvalue weighted by molar-refractivity contribution is -0.229. The van der Waals surface area contributed by atoms with Crippen molar-refractivity contribution in [1.29, 1.82) is 0 Å². The molecule has 6 nitrogen and oxygen atoms in total. The van der Waals surface area contributed by atoms with Gasteiger partial charge in [-0.15, -0.1) is 0 Å². The van der Waals surface area contributed by atoms with E-state index in [0.717, 1.165) is 0 Å². The van der Waals surface area contributed by atoms with Crippen LogP contribution >= 0.6 is 0 Å². The van der Waals surface area contributed by atoms with Crippen molar-refractivity contribution < 1.29 is 28.5 Å². The van der Waals surface area contributed by atoms with E-state index in [1.54, 1.807) is 27.7 Å². The number of carbonyl (C=O) groups is 1. The standard InChI is InChI=1S/C14H20O6/c1-6-7(15)8-9-10(18-13(2,3)17-9)11-12(16-8)20-14(4,5)19-11/h6,8-12H,1H2,2-5H3. The van der Waals surface area contributed by atoms with Crippen LogP contribution in [-0.2, 0) is 28.5 Å². The summed E-state index contributed by atoms with van der Waals surface area (Å²) < 4.78 is 29.0. The maximum atomic E-state index is 12.0. The summed E-state index contributed by atoms with van der Waals surface area (Å²) in [6.45, 7) is 10.7. The highest BCUT2D eigenvalue weighted by atomic mass is 16.9. The fourth-order valence-corrected chi connectivity index (χ4v) is 2.96. The molecule has 3 rings (SSSR count). The predicted molar refractivity (Wildman–Crippen MR) is 67.7 cm³/mol. The molecule has 0 saturated carbocycles. The third-order valence-corrected chi connectivity index (χ3v) is 3.64. The van der Waals surface area contributed by atoms with E-state index >= 15 is 0 Å². The number of ketones is 1. The van der Waals surface area contributed by atoms with Gasteiger partial charge in [0.1, 0.15) is 18.3 Å². The number of ether oxygens (including phenoxy) is 5. The van der Waals surface area contributed by atoms with Gasteiger partial charge in [0, 0.05) is 0 Å². The van der Waals surface area contributed by atoms with Crippen molar-refractivity contribution in [2.24, 2.45) is 0 Å². The second-order valence-electron chi connectivity index (χ2n) is 6.20. The number of rotatable bonds is 2. The Bertz CT molecular complexity index is 443. The maximum Gasteiger partial charge on any atom is 0.190 e. The van der Waals surface area contributed by atoms with Crippen LogP contribution < -0.4 is 0 Å². The van der Waals surface area contributed by atoms with E-state index in [1.807, 2.05) is 0 Å². The summed E-state index contributed by atoms with van der Waals surface area (Å²) in [6.07, 6.45) is -1.52. The number of hydrogen-bond acceptors (Lipinski definition) is 6. The second kappa shape index (κ2) is 4.35. The van der Waals surface area contributed by atoms with Gasteiger partial charge in [0.15, 0.2) is 29.8 Å². The van der Waals surface area contributed by atoms with Gasteiger partial charge >= 0.3 is 0 Å². The SMILES string of the molecule is C=CC(=O)C1OC2OC(C)(C)OC2C2OC(C)(C)OC12. The van der Waals surface area contributed by atoms with Crippen molar-refractivity contribution in [3.05, 3.63) is 12.7 Å². The zero-order valence-corrected chi connectivity index (χ0v) is 12.1. The molecule has 0 radical (unpaired) electrons. The van der Waals surface area contributed by atoms with E-state index < -0.39 is 42.3 Å². The lowest BCUT2D eigenvalue weighted by Gasteiger charge is -2.36. The number of carbonyl (C=O) groups excluding carboxylic acids is 1. The van der Waals surface area contributed by atoms with Gasteiger partial charge in [0.25, 0.3) is 0 Å². The predicted octanol–water partition coefficient (Wildman–Crippen LogP) is 1.14. The molecule has 0 aliphatic carbocycles. The van der Waals surface area contributed by atoms with Crippen LogP contribution in [0.25, 0.3) is 0 Å². The molecule has 0 spiro atoms. The molecule has 3 aliphatic rings. The second-order valence-corrected chi connectivity index (χ2v) is 6.20. The third kappa shape index (κ3) is 2.21. The molecule has 5 atom stereocenters. The molecule has 3 aliphatic heterocycles. The lowest BCUT2D eigenvalue weighted by atomic mass is 9.96. The Balaban J connectivity index is 1.91. The average Bonchev–Trinajstić information content (AvgIpc) is 2.81. The van der Waals surface area contributed by atoms with E-state index in [-0.39, 0.29) is 5.78 Å². The first-order valence-corrected chi connectivity index (χ1v) is 6.75. The molecule has 0 aromatic carbocycles. The van der Waals surface area contributed by atoms with Gasteiger partial charge in [-0.3, -0.25) is 4.79 Å². The normalized spacial score (nSPS) is 44.7. The average molecular weight is 284 g/mol. The number of fused-ring (bicyclic) bond motifs is 3. The summed E-state index contributed by atoms with van der Waals surface area (Å²) in [6, 6.07) is 0. The first kappa shape index (κ1) is 14.2. The molecule has 5 unspecified atom stereocenters.